The molecule has 1 amide bonds. The van der Waals surface area contributed by atoms with E-state index in [0.717, 1.165) is 55.7 Å². The van der Waals surface area contributed by atoms with Gasteiger partial charge in [-0.05, 0) is 37.6 Å². The zero-order valence-corrected chi connectivity index (χ0v) is 17.0. The molecule has 3 atom stereocenters. The summed E-state index contributed by atoms with van der Waals surface area (Å²) in [4.78, 5) is 20.5. The molecular formula is C22H27N5O2. The first-order chi connectivity index (χ1) is 14.0. The van der Waals surface area contributed by atoms with Gasteiger partial charge in [0.2, 0.25) is 5.91 Å². The maximum absolute atomic E-state index is 11.3. The van der Waals surface area contributed by atoms with Gasteiger partial charge in [0.1, 0.15) is 6.07 Å². The summed E-state index contributed by atoms with van der Waals surface area (Å²) in [5, 5.41) is 13.4. The maximum atomic E-state index is 11.3. The molecule has 29 heavy (non-hydrogen) atoms. The highest BCUT2D eigenvalue weighted by atomic mass is 16.5. The van der Waals surface area contributed by atoms with E-state index in [-0.39, 0.29) is 24.2 Å². The van der Waals surface area contributed by atoms with E-state index in [1.54, 1.807) is 13.1 Å². The van der Waals surface area contributed by atoms with E-state index < -0.39 is 0 Å². The van der Waals surface area contributed by atoms with Crippen LogP contribution in [0, 0.1) is 11.3 Å². The number of fused-ring (bicyclic) bond motifs is 1. The Hall–Kier alpha value is -2.69. The van der Waals surface area contributed by atoms with Crippen molar-refractivity contribution in [2.75, 3.05) is 37.6 Å². The molecule has 4 rings (SSSR count). The lowest BCUT2D eigenvalue weighted by Crippen LogP contribution is -2.51. The van der Waals surface area contributed by atoms with Gasteiger partial charge in [0.05, 0.1) is 23.3 Å². The first-order valence-corrected chi connectivity index (χ1v) is 10.2. The first-order valence-electron chi connectivity index (χ1n) is 10.2. The SMILES string of the molecule is CC(=O)N[C@@H]1CCN(C[C@H]2CN(c3ccc(C#N)c4ncccc34)C[C@@H](C)O2)C1. The molecule has 0 saturated carbocycles. The zero-order chi connectivity index (χ0) is 20.4. The third kappa shape index (κ3) is 4.34. The highest BCUT2D eigenvalue weighted by molar-refractivity contribution is 5.95. The Balaban J connectivity index is 1.50. The lowest BCUT2D eigenvalue weighted by Gasteiger charge is -2.40. The number of likely N-dealkylation sites (tertiary alicyclic amines) is 1. The molecule has 152 valence electrons. The van der Waals surface area contributed by atoms with Crippen LogP contribution in [0.3, 0.4) is 0 Å². The van der Waals surface area contributed by atoms with Gasteiger partial charge in [-0.2, -0.15) is 5.26 Å². The fourth-order valence-electron chi connectivity index (χ4n) is 4.56. The van der Waals surface area contributed by atoms with Gasteiger partial charge in [-0.1, -0.05) is 0 Å². The van der Waals surface area contributed by atoms with Gasteiger partial charge in [-0.3, -0.25) is 14.7 Å². The van der Waals surface area contributed by atoms with Crippen molar-refractivity contribution in [2.45, 2.75) is 38.5 Å². The number of anilines is 1. The summed E-state index contributed by atoms with van der Waals surface area (Å²) < 4.78 is 6.23. The normalized spacial score (nSPS) is 25.1. The average molecular weight is 393 g/mol. The molecule has 1 N–H and O–H groups in total. The lowest BCUT2D eigenvalue weighted by atomic mass is 10.1. The minimum atomic E-state index is 0.0341. The number of nitriles is 1. The molecule has 2 aliphatic heterocycles. The number of amides is 1. The molecule has 0 bridgehead atoms. The van der Waals surface area contributed by atoms with Crippen molar-refractivity contribution >= 4 is 22.5 Å². The minimum Gasteiger partial charge on any atom is -0.370 e. The van der Waals surface area contributed by atoms with Crippen LogP contribution < -0.4 is 10.2 Å². The second-order valence-electron chi connectivity index (χ2n) is 8.06. The van der Waals surface area contributed by atoms with Crippen LogP contribution in [0.4, 0.5) is 5.69 Å². The van der Waals surface area contributed by atoms with Crippen LogP contribution in [0.1, 0.15) is 25.8 Å². The summed E-state index contributed by atoms with van der Waals surface area (Å²) in [6.45, 7) is 7.98. The Kier molecular flexibility index (Phi) is 5.65. The van der Waals surface area contributed by atoms with Gasteiger partial charge >= 0.3 is 0 Å². The van der Waals surface area contributed by atoms with Crippen molar-refractivity contribution in [3.8, 4) is 6.07 Å². The fourth-order valence-corrected chi connectivity index (χ4v) is 4.56. The number of nitrogens with one attached hydrogen (secondary N) is 1. The number of aromatic nitrogens is 1. The molecule has 0 aliphatic carbocycles. The molecule has 3 heterocycles. The average Bonchev–Trinajstić information content (AvgIpc) is 3.12. The number of benzene rings is 1. The Morgan fingerprint density at radius 2 is 2.21 bits per heavy atom. The first kappa shape index (κ1) is 19.6. The Morgan fingerprint density at radius 3 is 3.00 bits per heavy atom. The van der Waals surface area contributed by atoms with E-state index >= 15 is 0 Å². The van der Waals surface area contributed by atoms with Crippen LogP contribution in [-0.2, 0) is 9.53 Å². The van der Waals surface area contributed by atoms with Crippen LogP contribution in [0.25, 0.3) is 10.9 Å². The number of pyridine rings is 1. The predicted molar refractivity (Wildman–Crippen MR) is 112 cm³/mol. The van der Waals surface area contributed by atoms with E-state index in [4.69, 9.17) is 4.74 Å². The molecule has 0 spiro atoms. The molecule has 7 heteroatoms. The molecule has 0 radical (unpaired) electrons. The second kappa shape index (κ2) is 8.36. The van der Waals surface area contributed by atoms with Crippen molar-refractivity contribution in [3.05, 3.63) is 36.0 Å². The zero-order valence-electron chi connectivity index (χ0n) is 17.0. The number of hydrogen-bond donors (Lipinski definition) is 1. The number of morpholine rings is 1. The summed E-state index contributed by atoms with van der Waals surface area (Å²) in [6, 6.07) is 10.3. The molecule has 7 nitrogen and oxygen atoms in total. The minimum absolute atomic E-state index is 0.0341. The van der Waals surface area contributed by atoms with Crippen LogP contribution in [-0.4, -0.2) is 66.8 Å². The van der Waals surface area contributed by atoms with Crippen LogP contribution in [0.5, 0.6) is 0 Å². The maximum Gasteiger partial charge on any atom is 0.217 e. The highest BCUT2D eigenvalue weighted by Crippen LogP contribution is 2.30. The highest BCUT2D eigenvalue weighted by Gasteiger charge is 2.31. The molecule has 2 aromatic rings. The molecule has 0 unspecified atom stereocenters. The molecule has 2 saturated heterocycles. The van der Waals surface area contributed by atoms with Gasteiger partial charge in [0.15, 0.2) is 0 Å². The monoisotopic (exact) mass is 393 g/mol. The summed E-state index contributed by atoms with van der Waals surface area (Å²) in [5.74, 6) is 0.0341. The molecular weight excluding hydrogens is 366 g/mol. The predicted octanol–water partition coefficient (Wildman–Crippen LogP) is 1.91. The van der Waals surface area contributed by atoms with E-state index in [0.29, 0.717) is 5.56 Å². The fraction of sp³-hybridized carbons (Fsp3) is 0.500. The van der Waals surface area contributed by atoms with Gasteiger partial charge in [0, 0.05) is 63.0 Å². The number of rotatable bonds is 4. The largest absolute Gasteiger partial charge is 0.370 e. The lowest BCUT2D eigenvalue weighted by molar-refractivity contribution is -0.119. The van der Waals surface area contributed by atoms with E-state index in [1.807, 2.05) is 24.3 Å². The van der Waals surface area contributed by atoms with E-state index in [1.165, 1.54) is 0 Å². The number of nitrogens with zero attached hydrogens (tertiary/aromatic N) is 4. The van der Waals surface area contributed by atoms with Crippen molar-refractivity contribution in [1.82, 2.24) is 15.2 Å². The smallest absolute Gasteiger partial charge is 0.217 e. The standard InChI is InChI=1S/C22H27N5O2/c1-15-11-27(21-6-5-17(10-23)22-20(21)4-3-8-24-22)14-19(29-15)13-26-9-7-18(12-26)25-16(2)28/h3-6,8,15,18-19H,7,9,11-14H2,1-2H3,(H,25,28)/t15-,18-,19+/m1/s1. The summed E-state index contributed by atoms with van der Waals surface area (Å²) >= 11 is 0. The second-order valence-corrected chi connectivity index (χ2v) is 8.06. The molecule has 1 aromatic carbocycles. The van der Waals surface area contributed by atoms with Crippen molar-refractivity contribution in [3.63, 3.8) is 0 Å². The number of carbonyl (C=O) groups is 1. The van der Waals surface area contributed by atoms with Gasteiger partial charge in [-0.25, -0.2) is 0 Å². The quantitative estimate of drug-likeness (QED) is 0.855. The van der Waals surface area contributed by atoms with E-state index in [2.05, 4.69) is 33.1 Å². The van der Waals surface area contributed by atoms with E-state index in [9.17, 15) is 10.1 Å². The number of ether oxygens (including phenoxy) is 1. The van der Waals surface area contributed by atoms with Crippen LogP contribution in [0.15, 0.2) is 30.5 Å². The van der Waals surface area contributed by atoms with Gasteiger partial charge in [0.25, 0.3) is 0 Å². The third-order valence-corrected chi connectivity index (χ3v) is 5.68. The van der Waals surface area contributed by atoms with Crippen LogP contribution in [0.2, 0.25) is 0 Å². The van der Waals surface area contributed by atoms with Crippen molar-refractivity contribution in [2.24, 2.45) is 0 Å². The third-order valence-electron chi connectivity index (χ3n) is 5.68. The molecule has 2 fully saturated rings. The van der Waals surface area contributed by atoms with Gasteiger partial charge < -0.3 is 15.0 Å². The topological polar surface area (TPSA) is 81.5 Å². The summed E-state index contributed by atoms with van der Waals surface area (Å²) in [5.41, 5.74) is 2.45. The van der Waals surface area contributed by atoms with Crippen molar-refractivity contribution < 1.29 is 9.53 Å². The Labute approximate surface area is 171 Å². The number of hydrogen-bond acceptors (Lipinski definition) is 6. The molecule has 2 aliphatic rings. The van der Waals surface area contributed by atoms with Crippen molar-refractivity contribution in [1.29, 1.82) is 5.26 Å². The van der Waals surface area contributed by atoms with Crippen LogP contribution >= 0.6 is 0 Å². The number of carbonyl (C=O) groups excluding carboxylic acids is 1. The molecule has 1 aromatic heterocycles. The van der Waals surface area contributed by atoms with Gasteiger partial charge in [-0.15, -0.1) is 0 Å². The Bertz CT molecular complexity index is 940. The summed E-state index contributed by atoms with van der Waals surface area (Å²) in [7, 11) is 0. The Morgan fingerprint density at radius 1 is 1.34 bits per heavy atom. The summed E-state index contributed by atoms with van der Waals surface area (Å²) in [6.07, 6.45) is 2.93.